The van der Waals surface area contributed by atoms with Gasteiger partial charge in [-0.2, -0.15) is 0 Å². The van der Waals surface area contributed by atoms with Crippen LogP contribution < -0.4 is 4.90 Å². The molecule has 132 valence electrons. The number of rotatable bonds is 2. The zero-order chi connectivity index (χ0) is 17.9. The Kier molecular flexibility index (Phi) is 4.67. The summed E-state index contributed by atoms with van der Waals surface area (Å²) in [7, 11) is 0. The molecule has 1 aliphatic rings. The van der Waals surface area contributed by atoms with Crippen molar-refractivity contribution in [3.05, 3.63) is 59.6 Å². The second-order valence-electron chi connectivity index (χ2n) is 6.23. The van der Waals surface area contributed by atoms with E-state index in [1.165, 1.54) is 0 Å². The number of carbonyl (C=O) groups excluding carboxylic acids is 1. The van der Waals surface area contributed by atoms with Crippen molar-refractivity contribution in [1.82, 2.24) is 19.9 Å². The van der Waals surface area contributed by atoms with Crippen LogP contribution in [0.5, 0.6) is 0 Å². The maximum atomic E-state index is 12.7. The second-order valence-corrected chi connectivity index (χ2v) is 6.66. The van der Waals surface area contributed by atoms with Gasteiger partial charge in [0.2, 0.25) is 0 Å². The van der Waals surface area contributed by atoms with Gasteiger partial charge >= 0.3 is 0 Å². The van der Waals surface area contributed by atoms with Crippen LogP contribution in [0.25, 0.3) is 10.9 Å². The lowest BCUT2D eigenvalue weighted by Gasteiger charge is -2.23. The van der Waals surface area contributed by atoms with Crippen molar-refractivity contribution in [2.75, 3.05) is 31.1 Å². The molecule has 3 heterocycles. The standard InChI is InChI=1S/C19H18ClN5O/c20-15-2-3-16-17(12-15)22-13-23-18(16)24-8-1-9-25(11-10-24)19(26)14-4-6-21-7-5-14/h2-7,12-13H,1,8-11H2. The Balaban J connectivity index is 1.55. The maximum Gasteiger partial charge on any atom is 0.254 e. The largest absolute Gasteiger partial charge is 0.354 e. The highest BCUT2D eigenvalue weighted by Gasteiger charge is 2.22. The molecule has 4 rings (SSSR count). The molecule has 0 aliphatic carbocycles. The van der Waals surface area contributed by atoms with Crippen molar-refractivity contribution < 1.29 is 4.79 Å². The quantitative estimate of drug-likeness (QED) is 0.696. The topological polar surface area (TPSA) is 62.2 Å². The summed E-state index contributed by atoms with van der Waals surface area (Å²) in [6.07, 6.45) is 5.75. The van der Waals surface area contributed by atoms with Gasteiger partial charge in [0, 0.05) is 54.5 Å². The van der Waals surface area contributed by atoms with Crippen molar-refractivity contribution in [1.29, 1.82) is 0 Å². The third-order valence-corrected chi connectivity index (χ3v) is 4.82. The molecule has 1 saturated heterocycles. The molecule has 0 N–H and O–H groups in total. The highest BCUT2D eigenvalue weighted by Crippen LogP contribution is 2.26. The highest BCUT2D eigenvalue weighted by atomic mass is 35.5. The minimum Gasteiger partial charge on any atom is -0.354 e. The summed E-state index contributed by atoms with van der Waals surface area (Å²) in [5, 5.41) is 1.64. The van der Waals surface area contributed by atoms with Crippen molar-refractivity contribution in [2.24, 2.45) is 0 Å². The molecular formula is C19H18ClN5O. The van der Waals surface area contributed by atoms with Crippen molar-refractivity contribution >= 4 is 34.2 Å². The molecule has 0 radical (unpaired) electrons. The van der Waals surface area contributed by atoms with Gasteiger partial charge in [-0.15, -0.1) is 0 Å². The molecule has 1 fully saturated rings. The highest BCUT2D eigenvalue weighted by molar-refractivity contribution is 6.31. The normalized spacial score (nSPS) is 15.1. The van der Waals surface area contributed by atoms with Gasteiger partial charge in [-0.05, 0) is 36.8 Å². The van der Waals surface area contributed by atoms with Gasteiger partial charge in [-0.25, -0.2) is 9.97 Å². The predicted molar refractivity (Wildman–Crippen MR) is 102 cm³/mol. The summed E-state index contributed by atoms with van der Waals surface area (Å²) in [4.78, 5) is 29.6. The first-order valence-electron chi connectivity index (χ1n) is 8.57. The zero-order valence-electron chi connectivity index (χ0n) is 14.2. The molecule has 0 saturated carbocycles. The van der Waals surface area contributed by atoms with E-state index in [0.717, 1.165) is 42.8 Å². The number of pyridine rings is 1. The predicted octanol–water partition coefficient (Wildman–Crippen LogP) is 3.03. The van der Waals surface area contributed by atoms with Gasteiger partial charge in [0.15, 0.2) is 0 Å². The van der Waals surface area contributed by atoms with Gasteiger partial charge in [0.1, 0.15) is 12.1 Å². The van der Waals surface area contributed by atoms with E-state index in [9.17, 15) is 4.79 Å². The van der Waals surface area contributed by atoms with E-state index in [1.54, 1.807) is 30.9 Å². The Morgan fingerprint density at radius 1 is 1.00 bits per heavy atom. The monoisotopic (exact) mass is 367 g/mol. The molecule has 3 aromatic rings. The number of amides is 1. The average molecular weight is 368 g/mol. The molecule has 0 unspecified atom stereocenters. The van der Waals surface area contributed by atoms with Crippen molar-refractivity contribution in [3.8, 4) is 0 Å². The lowest BCUT2D eigenvalue weighted by atomic mass is 10.2. The van der Waals surface area contributed by atoms with Crippen LogP contribution in [-0.2, 0) is 0 Å². The SMILES string of the molecule is O=C(c1ccncc1)N1CCCN(c2ncnc3cc(Cl)ccc23)CC1. The maximum absolute atomic E-state index is 12.7. The summed E-state index contributed by atoms with van der Waals surface area (Å²) < 4.78 is 0. The fraction of sp³-hybridized carbons (Fsp3) is 0.263. The van der Waals surface area contributed by atoms with E-state index in [2.05, 4.69) is 19.9 Å². The Labute approximate surface area is 156 Å². The van der Waals surface area contributed by atoms with Gasteiger partial charge in [-0.1, -0.05) is 11.6 Å². The number of hydrogen-bond acceptors (Lipinski definition) is 5. The molecular weight excluding hydrogens is 350 g/mol. The van der Waals surface area contributed by atoms with E-state index >= 15 is 0 Å². The molecule has 2 aromatic heterocycles. The molecule has 6 nitrogen and oxygen atoms in total. The molecule has 0 bridgehead atoms. The first-order chi connectivity index (χ1) is 12.7. The van der Waals surface area contributed by atoms with E-state index in [1.807, 2.05) is 23.1 Å². The number of nitrogens with zero attached hydrogens (tertiary/aromatic N) is 5. The molecule has 26 heavy (non-hydrogen) atoms. The second kappa shape index (κ2) is 7.25. The Bertz CT molecular complexity index is 934. The third-order valence-electron chi connectivity index (χ3n) is 4.59. The number of fused-ring (bicyclic) bond motifs is 1. The Morgan fingerprint density at radius 2 is 1.85 bits per heavy atom. The smallest absolute Gasteiger partial charge is 0.254 e. The van der Waals surface area contributed by atoms with Gasteiger partial charge < -0.3 is 9.80 Å². The minimum absolute atomic E-state index is 0.0496. The molecule has 0 atom stereocenters. The van der Waals surface area contributed by atoms with Crippen LogP contribution in [0.2, 0.25) is 5.02 Å². The van der Waals surface area contributed by atoms with Gasteiger partial charge in [-0.3, -0.25) is 9.78 Å². The minimum atomic E-state index is 0.0496. The average Bonchev–Trinajstić information content (AvgIpc) is 2.93. The fourth-order valence-electron chi connectivity index (χ4n) is 3.28. The van der Waals surface area contributed by atoms with Crippen LogP contribution in [0, 0.1) is 0 Å². The first-order valence-corrected chi connectivity index (χ1v) is 8.95. The van der Waals surface area contributed by atoms with Crippen LogP contribution in [0.1, 0.15) is 16.8 Å². The van der Waals surface area contributed by atoms with E-state index in [4.69, 9.17) is 11.6 Å². The molecule has 0 spiro atoms. The van der Waals surface area contributed by atoms with Crippen LogP contribution in [-0.4, -0.2) is 51.9 Å². The summed E-state index contributed by atoms with van der Waals surface area (Å²) >= 11 is 6.07. The van der Waals surface area contributed by atoms with Crippen LogP contribution in [0.3, 0.4) is 0 Å². The number of anilines is 1. The van der Waals surface area contributed by atoms with Crippen LogP contribution >= 0.6 is 11.6 Å². The number of carbonyl (C=O) groups is 1. The van der Waals surface area contributed by atoms with Crippen LogP contribution in [0.15, 0.2) is 49.1 Å². The van der Waals surface area contributed by atoms with E-state index < -0.39 is 0 Å². The number of halogens is 1. The van der Waals surface area contributed by atoms with Crippen LogP contribution in [0.4, 0.5) is 5.82 Å². The van der Waals surface area contributed by atoms with Gasteiger partial charge in [0.25, 0.3) is 5.91 Å². The molecule has 1 amide bonds. The number of hydrogen-bond donors (Lipinski definition) is 0. The third kappa shape index (κ3) is 3.32. The summed E-state index contributed by atoms with van der Waals surface area (Å²) in [5.41, 5.74) is 1.51. The lowest BCUT2D eigenvalue weighted by Crippen LogP contribution is -2.35. The van der Waals surface area contributed by atoms with E-state index in [-0.39, 0.29) is 5.91 Å². The molecule has 1 aromatic carbocycles. The summed E-state index contributed by atoms with van der Waals surface area (Å²) in [5.74, 6) is 0.943. The van der Waals surface area contributed by atoms with Crippen molar-refractivity contribution in [2.45, 2.75) is 6.42 Å². The van der Waals surface area contributed by atoms with E-state index in [0.29, 0.717) is 17.1 Å². The number of aromatic nitrogens is 3. The lowest BCUT2D eigenvalue weighted by molar-refractivity contribution is 0.0767. The summed E-state index contributed by atoms with van der Waals surface area (Å²) in [6.45, 7) is 2.95. The summed E-state index contributed by atoms with van der Waals surface area (Å²) in [6, 6.07) is 9.17. The number of benzene rings is 1. The fourth-order valence-corrected chi connectivity index (χ4v) is 3.44. The Hall–Kier alpha value is -2.73. The van der Waals surface area contributed by atoms with Gasteiger partial charge in [0.05, 0.1) is 5.52 Å². The Morgan fingerprint density at radius 3 is 2.69 bits per heavy atom. The van der Waals surface area contributed by atoms with Crippen molar-refractivity contribution in [3.63, 3.8) is 0 Å². The molecule has 1 aliphatic heterocycles. The zero-order valence-corrected chi connectivity index (χ0v) is 14.9. The first kappa shape index (κ1) is 16.7. The molecule has 7 heteroatoms.